The Morgan fingerprint density at radius 1 is 1.33 bits per heavy atom. The summed E-state index contributed by atoms with van der Waals surface area (Å²) < 4.78 is 6.20. The molecule has 1 aliphatic rings. The van der Waals surface area contributed by atoms with Crippen LogP contribution >= 0.6 is 0 Å². The van der Waals surface area contributed by atoms with Crippen molar-refractivity contribution >= 4 is 10.8 Å². The molecule has 2 unspecified atom stereocenters. The lowest BCUT2D eigenvalue weighted by Gasteiger charge is -2.41. The fourth-order valence-electron chi connectivity index (χ4n) is 3.43. The van der Waals surface area contributed by atoms with Crippen molar-refractivity contribution in [1.29, 1.82) is 0 Å². The number of ether oxygens (including phenoxy) is 1. The van der Waals surface area contributed by atoms with E-state index in [1.165, 1.54) is 29.2 Å². The van der Waals surface area contributed by atoms with Gasteiger partial charge in [-0.05, 0) is 49.7 Å². The summed E-state index contributed by atoms with van der Waals surface area (Å²) in [7, 11) is 0. The quantitative estimate of drug-likeness (QED) is 0.926. The van der Waals surface area contributed by atoms with Crippen LogP contribution in [0.4, 0.5) is 0 Å². The fraction of sp³-hybridized carbons (Fsp3) is 0.500. The van der Waals surface area contributed by atoms with Crippen molar-refractivity contribution in [3.8, 4) is 0 Å². The zero-order chi connectivity index (χ0) is 14.7. The smallest absolute Gasteiger partial charge is 0.0848 e. The van der Waals surface area contributed by atoms with Crippen molar-refractivity contribution in [2.45, 2.75) is 44.8 Å². The predicted molar refractivity (Wildman–Crippen MR) is 86.4 cm³/mol. The molecule has 1 N–H and O–H groups in total. The number of hydrogen-bond donors (Lipinski definition) is 1. The van der Waals surface area contributed by atoms with Crippen LogP contribution in [0.3, 0.4) is 0 Å². The number of likely N-dealkylation sites (N-methyl/N-ethyl adjacent to an activating group) is 1. The summed E-state index contributed by atoms with van der Waals surface area (Å²) in [5.41, 5.74) is 1.16. The van der Waals surface area contributed by atoms with Gasteiger partial charge in [-0.25, -0.2) is 0 Å². The van der Waals surface area contributed by atoms with Crippen LogP contribution in [0.5, 0.6) is 0 Å². The van der Waals surface area contributed by atoms with Crippen LogP contribution in [0.25, 0.3) is 10.8 Å². The molecule has 1 aromatic carbocycles. The maximum Gasteiger partial charge on any atom is 0.0848 e. The number of pyridine rings is 1. The van der Waals surface area contributed by atoms with E-state index in [-0.39, 0.29) is 11.6 Å². The molecule has 2 aromatic rings. The fourth-order valence-corrected chi connectivity index (χ4v) is 3.43. The standard InChI is InChI=1S/C18H24N2O/c1-3-20-17(18(2)10-4-5-12-21-18)15-8-6-7-14-9-11-19-13-16(14)15/h6-9,11,13,17,20H,3-5,10,12H2,1-2H3. The van der Waals surface area contributed by atoms with Crippen molar-refractivity contribution in [2.24, 2.45) is 0 Å². The van der Waals surface area contributed by atoms with Gasteiger partial charge < -0.3 is 10.1 Å². The molecule has 2 heterocycles. The molecule has 0 spiro atoms. The molecule has 0 bridgehead atoms. The first-order valence-corrected chi connectivity index (χ1v) is 7.94. The summed E-state index contributed by atoms with van der Waals surface area (Å²) in [6.45, 7) is 6.19. The van der Waals surface area contributed by atoms with Crippen molar-refractivity contribution in [1.82, 2.24) is 10.3 Å². The number of aromatic nitrogens is 1. The monoisotopic (exact) mass is 284 g/mol. The Balaban J connectivity index is 2.07. The van der Waals surface area contributed by atoms with E-state index < -0.39 is 0 Å². The summed E-state index contributed by atoms with van der Waals surface area (Å²) in [5.74, 6) is 0. The van der Waals surface area contributed by atoms with E-state index in [9.17, 15) is 0 Å². The van der Waals surface area contributed by atoms with Crippen molar-refractivity contribution in [3.63, 3.8) is 0 Å². The predicted octanol–water partition coefficient (Wildman–Crippen LogP) is 3.84. The van der Waals surface area contributed by atoms with Crippen molar-refractivity contribution in [2.75, 3.05) is 13.2 Å². The highest BCUT2D eigenvalue weighted by molar-refractivity contribution is 5.85. The van der Waals surface area contributed by atoms with Gasteiger partial charge in [-0.3, -0.25) is 4.98 Å². The molecule has 0 aliphatic carbocycles. The van der Waals surface area contributed by atoms with Crippen LogP contribution in [0, 0.1) is 0 Å². The van der Waals surface area contributed by atoms with E-state index in [0.717, 1.165) is 19.6 Å². The second-order valence-corrected chi connectivity index (χ2v) is 6.05. The van der Waals surface area contributed by atoms with Gasteiger partial charge in [0.2, 0.25) is 0 Å². The molecule has 1 fully saturated rings. The molecule has 1 aliphatic heterocycles. The zero-order valence-corrected chi connectivity index (χ0v) is 12.9. The molecule has 0 saturated carbocycles. The second kappa shape index (κ2) is 6.12. The van der Waals surface area contributed by atoms with Gasteiger partial charge in [0, 0.05) is 24.4 Å². The van der Waals surface area contributed by atoms with Crippen LogP contribution < -0.4 is 5.32 Å². The van der Waals surface area contributed by atoms with Crippen molar-refractivity contribution < 1.29 is 4.74 Å². The lowest BCUT2D eigenvalue weighted by molar-refractivity contribution is -0.0892. The summed E-state index contributed by atoms with van der Waals surface area (Å²) >= 11 is 0. The molecular weight excluding hydrogens is 260 g/mol. The van der Waals surface area contributed by atoms with Gasteiger partial charge in [0.1, 0.15) is 0 Å². The van der Waals surface area contributed by atoms with Gasteiger partial charge in [-0.15, -0.1) is 0 Å². The summed E-state index contributed by atoms with van der Waals surface area (Å²) in [4.78, 5) is 4.32. The number of fused-ring (bicyclic) bond motifs is 1. The van der Waals surface area contributed by atoms with Gasteiger partial charge in [-0.1, -0.05) is 25.1 Å². The van der Waals surface area contributed by atoms with E-state index in [1.807, 2.05) is 12.4 Å². The highest BCUT2D eigenvalue weighted by Gasteiger charge is 2.38. The Bertz CT molecular complexity index is 600. The third-order valence-corrected chi connectivity index (χ3v) is 4.55. The minimum atomic E-state index is -0.140. The number of rotatable bonds is 4. The number of benzene rings is 1. The minimum Gasteiger partial charge on any atom is -0.373 e. The largest absolute Gasteiger partial charge is 0.373 e. The van der Waals surface area contributed by atoms with E-state index in [2.05, 4.69) is 48.4 Å². The topological polar surface area (TPSA) is 34.2 Å². The van der Waals surface area contributed by atoms with Gasteiger partial charge in [0.15, 0.2) is 0 Å². The van der Waals surface area contributed by atoms with E-state index in [0.29, 0.717) is 0 Å². The first-order chi connectivity index (χ1) is 10.2. The second-order valence-electron chi connectivity index (χ2n) is 6.05. The molecule has 1 saturated heterocycles. The molecule has 112 valence electrons. The average molecular weight is 284 g/mol. The zero-order valence-electron chi connectivity index (χ0n) is 12.9. The third-order valence-electron chi connectivity index (χ3n) is 4.55. The van der Waals surface area contributed by atoms with Crippen LogP contribution in [0.2, 0.25) is 0 Å². The van der Waals surface area contributed by atoms with Crippen LogP contribution in [-0.2, 0) is 4.74 Å². The normalized spacial score (nSPS) is 24.1. The molecule has 2 atom stereocenters. The molecule has 1 aromatic heterocycles. The highest BCUT2D eigenvalue weighted by atomic mass is 16.5. The minimum absolute atomic E-state index is 0.140. The van der Waals surface area contributed by atoms with Gasteiger partial charge in [0.25, 0.3) is 0 Å². The Hall–Kier alpha value is -1.45. The van der Waals surface area contributed by atoms with Gasteiger partial charge in [0.05, 0.1) is 11.6 Å². The maximum atomic E-state index is 6.20. The van der Waals surface area contributed by atoms with E-state index in [4.69, 9.17) is 4.74 Å². The van der Waals surface area contributed by atoms with E-state index in [1.54, 1.807) is 0 Å². The average Bonchev–Trinajstić information content (AvgIpc) is 2.53. The number of nitrogens with zero attached hydrogens (tertiary/aromatic N) is 1. The third kappa shape index (κ3) is 2.81. The SMILES string of the molecule is CCNC(c1cccc2ccncc12)C1(C)CCCCO1. The van der Waals surface area contributed by atoms with Gasteiger partial charge >= 0.3 is 0 Å². The number of hydrogen-bond acceptors (Lipinski definition) is 3. The van der Waals surface area contributed by atoms with Crippen LogP contribution in [0.1, 0.15) is 44.7 Å². The Morgan fingerprint density at radius 3 is 3.00 bits per heavy atom. The maximum absolute atomic E-state index is 6.20. The molecule has 0 amide bonds. The van der Waals surface area contributed by atoms with Gasteiger partial charge in [-0.2, -0.15) is 0 Å². The Morgan fingerprint density at radius 2 is 2.24 bits per heavy atom. The molecule has 21 heavy (non-hydrogen) atoms. The molecule has 3 nitrogen and oxygen atoms in total. The molecular formula is C18H24N2O. The summed E-state index contributed by atoms with van der Waals surface area (Å²) in [5, 5.41) is 6.11. The number of nitrogens with one attached hydrogen (secondary N) is 1. The molecule has 3 rings (SSSR count). The van der Waals surface area contributed by atoms with Crippen LogP contribution in [-0.4, -0.2) is 23.7 Å². The molecule has 3 heteroatoms. The molecule has 0 radical (unpaired) electrons. The van der Waals surface area contributed by atoms with Crippen LogP contribution in [0.15, 0.2) is 36.7 Å². The lowest BCUT2D eigenvalue weighted by atomic mass is 9.82. The highest BCUT2D eigenvalue weighted by Crippen LogP contribution is 2.38. The van der Waals surface area contributed by atoms with E-state index >= 15 is 0 Å². The lowest BCUT2D eigenvalue weighted by Crippen LogP contribution is -2.46. The first kappa shape index (κ1) is 14.5. The van der Waals surface area contributed by atoms with Crippen molar-refractivity contribution in [3.05, 3.63) is 42.2 Å². The Kier molecular flexibility index (Phi) is 4.22. The summed E-state index contributed by atoms with van der Waals surface area (Å²) in [6.07, 6.45) is 7.34. The first-order valence-electron chi connectivity index (χ1n) is 7.94. The Labute approximate surface area is 126 Å². The summed E-state index contributed by atoms with van der Waals surface area (Å²) in [6, 6.07) is 8.77.